The van der Waals surface area contributed by atoms with Gasteiger partial charge in [0.1, 0.15) is 5.75 Å². The fraction of sp³-hybridized carbons (Fsp3) is 0. The third-order valence-electron chi connectivity index (χ3n) is 3.27. The van der Waals surface area contributed by atoms with Crippen molar-refractivity contribution >= 4 is 28.1 Å². The van der Waals surface area contributed by atoms with E-state index in [1.165, 1.54) is 12.1 Å². The number of phenols is 1. The van der Waals surface area contributed by atoms with Gasteiger partial charge in [-0.15, -0.1) is 0 Å². The molecule has 0 bridgehead atoms. The number of carbonyl (C=O) groups excluding carboxylic acids is 1. The smallest absolute Gasteiger partial charge is 0.259 e. The first-order chi connectivity index (χ1) is 10.1. The summed E-state index contributed by atoms with van der Waals surface area (Å²) in [5.74, 6) is -0.488. The van der Waals surface area contributed by atoms with Crippen LogP contribution in [0.3, 0.4) is 0 Å². The van der Waals surface area contributed by atoms with E-state index in [4.69, 9.17) is 5.73 Å². The van der Waals surface area contributed by atoms with Gasteiger partial charge in [-0.2, -0.15) is 0 Å². The normalized spacial score (nSPS) is 10.5. The van der Waals surface area contributed by atoms with Crippen LogP contribution in [0.4, 0.5) is 11.4 Å². The summed E-state index contributed by atoms with van der Waals surface area (Å²) in [6, 6.07) is 17.9. The van der Waals surface area contributed by atoms with Crippen molar-refractivity contribution in [2.45, 2.75) is 0 Å². The van der Waals surface area contributed by atoms with Crippen LogP contribution < -0.4 is 11.1 Å². The molecule has 0 spiro atoms. The van der Waals surface area contributed by atoms with Crippen LogP contribution in [0.15, 0.2) is 60.7 Å². The van der Waals surface area contributed by atoms with Crippen LogP contribution in [-0.2, 0) is 0 Å². The summed E-state index contributed by atoms with van der Waals surface area (Å²) in [6.45, 7) is 0. The lowest BCUT2D eigenvalue weighted by atomic mass is 10.1. The van der Waals surface area contributed by atoms with Crippen LogP contribution in [0.1, 0.15) is 10.4 Å². The first-order valence-corrected chi connectivity index (χ1v) is 6.52. The molecule has 3 aromatic rings. The van der Waals surface area contributed by atoms with E-state index in [9.17, 15) is 9.90 Å². The van der Waals surface area contributed by atoms with Gasteiger partial charge >= 0.3 is 0 Å². The van der Waals surface area contributed by atoms with E-state index in [1.54, 1.807) is 6.07 Å². The molecule has 1 amide bonds. The third kappa shape index (κ3) is 2.65. The van der Waals surface area contributed by atoms with E-state index < -0.39 is 5.91 Å². The number of benzene rings is 3. The Balaban J connectivity index is 1.90. The molecule has 4 heteroatoms. The van der Waals surface area contributed by atoms with Gasteiger partial charge in [0, 0.05) is 11.4 Å². The Morgan fingerprint density at radius 3 is 2.52 bits per heavy atom. The quantitative estimate of drug-likeness (QED) is 0.497. The molecule has 0 fully saturated rings. The molecule has 0 heterocycles. The van der Waals surface area contributed by atoms with Gasteiger partial charge in [0.25, 0.3) is 5.91 Å². The van der Waals surface area contributed by atoms with Gasteiger partial charge in [0.15, 0.2) is 0 Å². The molecule has 0 aromatic heterocycles. The van der Waals surface area contributed by atoms with Gasteiger partial charge in [-0.05, 0) is 41.1 Å². The number of hydrogen-bond acceptors (Lipinski definition) is 3. The van der Waals surface area contributed by atoms with E-state index in [1.807, 2.05) is 42.5 Å². The maximum absolute atomic E-state index is 12.2. The summed E-state index contributed by atoms with van der Waals surface area (Å²) in [6.07, 6.45) is 0. The summed E-state index contributed by atoms with van der Waals surface area (Å²) in [5.41, 5.74) is 6.89. The number of carbonyl (C=O) groups is 1. The molecule has 0 saturated carbocycles. The topological polar surface area (TPSA) is 75.3 Å². The lowest BCUT2D eigenvalue weighted by Gasteiger charge is -2.08. The van der Waals surface area contributed by atoms with Crippen LogP contribution in [-0.4, -0.2) is 11.0 Å². The zero-order valence-corrected chi connectivity index (χ0v) is 11.2. The highest BCUT2D eigenvalue weighted by molar-refractivity contribution is 6.07. The molecule has 0 aliphatic carbocycles. The summed E-state index contributed by atoms with van der Waals surface area (Å²) in [5, 5.41) is 14.6. The molecule has 0 saturated heterocycles. The molecule has 3 rings (SSSR count). The van der Waals surface area contributed by atoms with Crippen molar-refractivity contribution in [3.63, 3.8) is 0 Å². The lowest BCUT2D eigenvalue weighted by molar-refractivity contribution is 0.102. The first-order valence-electron chi connectivity index (χ1n) is 6.52. The highest BCUT2D eigenvalue weighted by atomic mass is 16.3. The highest BCUT2D eigenvalue weighted by Crippen LogP contribution is 2.23. The van der Waals surface area contributed by atoms with Gasteiger partial charge in [-0.25, -0.2) is 0 Å². The maximum atomic E-state index is 12.2. The number of hydrogen-bond donors (Lipinski definition) is 3. The second kappa shape index (κ2) is 5.17. The third-order valence-corrected chi connectivity index (χ3v) is 3.27. The highest BCUT2D eigenvalue weighted by Gasteiger charge is 2.11. The number of phenolic OH excluding ortho intramolecular Hbond substituents is 1. The fourth-order valence-electron chi connectivity index (χ4n) is 2.20. The fourth-order valence-corrected chi connectivity index (χ4v) is 2.20. The summed E-state index contributed by atoms with van der Waals surface area (Å²) in [7, 11) is 0. The molecule has 21 heavy (non-hydrogen) atoms. The molecular formula is C17H14N2O2. The number of nitrogens with two attached hydrogens (primary N) is 1. The zero-order valence-electron chi connectivity index (χ0n) is 11.2. The second-order valence-electron chi connectivity index (χ2n) is 4.79. The van der Waals surface area contributed by atoms with Crippen molar-refractivity contribution in [2.24, 2.45) is 0 Å². The average Bonchev–Trinajstić information content (AvgIpc) is 2.49. The number of aromatic hydroxyl groups is 1. The Labute approximate surface area is 121 Å². The van der Waals surface area contributed by atoms with Crippen LogP contribution in [0.2, 0.25) is 0 Å². The Bertz CT molecular complexity index is 828. The number of nitrogens with one attached hydrogen (secondary N) is 1. The van der Waals surface area contributed by atoms with Crippen molar-refractivity contribution in [3.05, 3.63) is 66.2 Å². The van der Waals surface area contributed by atoms with Crippen molar-refractivity contribution in [2.75, 3.05) is 11.1 Å². The van der Waals surface area contributed by atoms with Crippen LogP contribution in [0, 0.1) is 0 Å². The zero-order chi connectivity index (χ0) is 14.8. The molecule has 4 N–H and O–H groups in total. The molecule has 4 nitrogen and oxygen atoms in total. The largest absolute Gasteiger partial charge is 0.507 e. The maximum Gasteiger partial charge on any atom is 0.259 e. The number of anilines is 2. The summed E-state index contributed by atoms with van der Waals surface area (Å²) in [4.78, 5) is 12.2. The molecule has 0 aliphatic heterocycles. The molecule has 0 radical (unpaired) electrons. The summed E-state index contributed by atoms with van der Waals surface area (Å²) < 4.78 is 0. The van der Waals surface area contributed by atoms with Crippen molar-refractivity contribution < 1.29 is 9.90 Å². The molecule has 0 atom stereocenters. The minimum Gasteiger partial charge on any atom is -0.507 e. The predicted molar refractivity (Wildman–Crippen MR) is 84.4 cm³/mol. The molecule has 3 aromatic carbocycles. The Morgan fingerprint density at radius 1 is 0.952 bits per heavy atom. The van der Waals surface area contributed by atoms with Gasteiger partial charge in [-0.1, -0.05) is 30.3 Å². The molecular weight excluding hydrogens is 264 g/mol. The monoisotopic (exact) mass is 278 g/mol. The summed E-state index contributed by atoms with van der Waals surface area (Å²) >= 11 is 0. The van der Waals surface area contributed by atoms with E-state index in [0.717, 1.165) is 10.8 Å². The van der Waals surface area contributed by atoms with Gasteiger partial charge < -0.3 is 16.2 Å². The molecule has 0 aliphatic rings. The second-order valence-corrected chi connectivity index (χ2v) is 4.79. The number of fused-ring (bicyclic) bond motifs is 1. The predicted octanol–water partition coefficient (Wildman–Crippen LogP) is 3.38. The van der Waals surface area contributed by atoms with Gasteiger partial charge in [0.2, 0.25) is 0 Å². The van der Waals surface area contributed by atoms with Crippen LogP contribution in [0.25, 0.3) is 10.8 Å². The van der Waals surface area contributed by atoms with E-state index in [2.05, 4.69) is 5.32 Å². The van der Waals surface area contributed by atoms with Crippen molar-refractivity contribution in [3.8, 4) is 5.75 Å². The van der Waals surface area contributed by atoms with Crippen molar-refractivity contribution in [1.82, 2.24) is 0 Å². The van der Waals surface area contributed by atoms with Gasteiger partial charge in [0.05, 0.1) is 5.56 Å². The first kappa shape index (κ1) is 13.0. The van der Waals surface area contributed by atoms with Gasteiger partial charge in [-0.3, -0.25) is 4.79 Å². The average molecular weight is 278 g/mol. The Kier molecular flexibility index (Phi) is 3.20. The van der Waals surface area contributed by atoms with E-state index in [-0.39, 0.29) is 11.3 Å². The Morgan fingerprint density at radius 2 is 1.71 bits per heavy atom. The van der Waals surface area contributed by atoms with E-state index >= 15 is 0 Å². The number of rotatable bonds is 2. The standard InChI is InChI=1S/C17H14N2O2/c18-13-6-8-16(20)15(10-13)17(21)19-14-7-5-11-3-1-2-4-12(11)9-14/h1-10,20H,18H2,(H,19,21). The van der Waals surface area contributed by atoms with E-state index in [0.29, 0.717) is 11.4 Å². The van der Waals surface area contributed by atoms with Crippen molar-refractivity contribution in [1.29, 1.82) is 0 Å². The van der Waals surface area contributed by atoms with Crippen LogP contribution >= 0.6 is 0 Å². The Hall–Kier alpha value is -3.01. The number of nitrogen functional groups attached to an aromatic ring is 1. The molecule has 104 valence electrons. The lowest BCUT2D eigenvalue weighted by Crippen LogP contribution is -2.12. The SMILES string of the molecule is Nc1ccc(O)c(C(=O)Nc2ccc3ccccc3c2)c1. The minimum atomic E-state index is -0.393. The minimum absolute atomic E-state index is 0.0949. The van der Waals surface area contributed by atoms with Crippen LogP contribution in [0.5, 0.6) is 5.75 Å². The molecule has 0 unspecified atom stereocenters. The number of amides is 1.